The van der Waals surface area contributed by atoms with E-state index in [1.165, 1.54) is 35.2 Å². The quantitative estimate of drug-likeness (QED) is 0.271. The summed E-state index contributed by atoms with van der Waals surface area (Å²) < 4.78 is 42.1. The van der Waals surface area contributed by atoms with Crippen LogP contribution in [0.3, 0.4) is 0 Å². The maximum absolute atomic E-state index is 14.0. The average molecular weight is 609 g/mol. The molecule has 0 aliphatic rings. The number of carbonyl (C=O) groups excluding carboxylic acids is 2. The molecule has 0 aliphatic heterocycles. The maximum atomic E-state index is 14.0. The van der Waals surface area contributed by atoms with Gasteiger partial charge in [0, 0.05) is 22.6 Å². The normalized spacial score (nSPS) is 12.8. The predicted molar refractivity (Wildman–Crippen MR) is 156 cm³/mol. The summed E-state index contributed by atoms with van der Waals surface area (Å²) in [7, 11) is -4.24. The summed E-state index contributed by atoms with van der Waals surface area (Å²) >= 11 is 12.5. The van der Waals surface area contributed by atoms with Gasteiger partial charge in [-0.05, 0) is 73.9 Å². The first-order chi connectivity index (χ1) is 19.0. The average Bonchev–Trinajstić information content (AvgIpc) is 2.93. The summed E-state index contributed by atoms with van der Waals surface area (Å²) in [4.78, 5) is 28.6. The molecule has 1 N–H and O–H groups in total. The van der Waals surface area contributed by atoms with Crippen LogP contribution in [0.1, 0.15) is 39.2 Å². The minimum absolute atomic E-state index is 0.0408. The van der Waals surface area contributed by atoms with Crippen LogP contribution in [0, 0.1) is 5.82 Å². The van der Waals surface area contributed by atoms with Gasteiger partial charge in [-0.25, -0.2) is 12.8 Å². The Morgan fingerprint density at radius 2 is 1.60 bits per heavy atom. The van der Waals surface area contributed by atoms with Crippen LogP contribution in [0.5, 0.6) is 0 Å². The van der Waals surface area contributed by atoms with E-state index in [2.05, 4.69) is 5.32 Å². The van der Waals surface area contributed by atoms with E-state index in [1.807, 2.05) is 13.8 Å². The number of sulfonamides is 1. The lowest BCUT2D eigenvalue weighted by Gasteiger charge is -2.34. The number of rotatable bonds is 12. The van der Waals surface area contributed by atoms with Gasteiger partial charge >= 0.3 is 0 Å². The Morgan fingerprint density at radius 1 is 0.950 bits per heavy atom. The number of nitrogens with one attached hydrogen (secondary N) is 1. The molecule has 3 aromatic carbocycles. The first kappa shape index (κ1) is 31.4. The third kappa shape index (κ3) is 7.74. The number of carbonyl (C=O) groups is 2. The van der Waals surface area contributed by atoms with Crippen molar-refractivity contribution in [2.24, 2.45) is 0 Å². The van der Waals surface area contributed by atoms with Crippen molar-refractivity contribution in [1.82, 2.24) is 10.2 Å². The minimum Gasteiger partial charge on any atom is -0.352 e. The molecule has 7 nitrogen and oxygen atoms in total. The van der Waals surface area contributed by atoms with Gasteiger partial charge in [0.1, 0.15) is 18.4 Å². The maximum Gasteiger partial charge on any atom is 0.264 e. The molecule has 0 bridgehead atoms. The molecule has 0 heterocycles. The van der Waals surface area contributed by atoms with Crippen LogP contribution in [0.15, 0.2) is 77.7 Å². The van der Waals surface area contributed by atoms with E-state index in [-0.39, 0.29) is 35.5 Å². The van der Waals surface area contributed by atoms with Crippen molar-refractivity contribution in [3.05, 3.63) is 94.2 Å². The number of amides is 2. The number of halogens is 3. The molecule has 2 amide bonds. The highest BCUT2D eigenvalue weighted by molar-refractivity contribution is 7.92. The van der Waals surface area contributed by atoms with Crippen LogP contribution in [0.2, 0.25) is 10.0 Å². The smallest absolute Gasteiger partial charge is 0.264 e. The molecule has 0 saturated carbocycles. The van der Waals surface area contributed by atoms with Gasteiger partial charge in [-0.2, -0.15) is 0 Å². The molecule has 0 aliphatic carbocycles. The second kappa shape index (κ2) is 14.0. The van der Waals surface area contributed by atoms with Crippen LogP contribution in [0.25, 0.3) is 0 Å². The van der Waals surface area contributed by atoms with E-state index in [4.69, 9.17) is 23.2 Å². The first-order valence-electron chi connectivity index (χ1n) is 12.8. The Labute approximate surface area is 244 Å². The van der Waals surface area contributed by atoms with Gasteiger partial charge in [0.15, 0.2) is 0 Å². The zero-order valence-electron chi connectivity index (χ0n) is 22.5. The molecule has 2 atom stereocenters. The molecule has 11 heteroatoms. The monoisotopic (exact) mass is 607 g/mol. The predicted octanol–water partition coefficient (Wildman–Crippen LogP) is 6.05. The highest BCUT2D eigenvalue weighted by atomic mass is 35.5. The van der Waals surface area contributed by atoms with Crippen molar-refractivity contribution in [3.8, 4) is 0 Å². The Hall–Kier alpha value is -3.14. The summed E-state index contributed by atoms with van der Waals surface area (Å²) in [6.07, 6.45) is 0.952. The van der Waals surface area contributed by atoms with E-state index in [9.17, 15) is 22.4 Å². The molecule has 40 heavy (non-hydrogen) atoms. The molecule has 0 aromatic heterocycles. The topological polar surface area (TPSA) is 86.8 Å². The fourth-order valence-corrected chi connectivity index (χ4v) is 5.95. The molecular weight excluding hydrogens is 576 g/mol. The van der Waals surface area contributed by atoms with Crippen molar-refractivity contribution in [3.63, 3.8) is 0 Å². The van der Waals surface area contributed by atoms with Gasteiger partial charge in [-0.3, -0.25) is 13.9 Å². The van der Waals surface area contributed by atoms with Crippen LogP contribution < -0.4 is 9.62 Å². The minimum atomic E-state index is -4.24. The van der Waals surface area contributed by atoms with Crippen LogP contribution >= 0.6 is 23.2 Å². The number of hydrogen-bond acceptors (Lipinski definition) is 4. The van der Waals surface area contributed by atoms with Crippen LogP contribution in [-0.4, -0.2) is 43.8 Å². The fourth-order valence-electron chi connectivity index (χ4n) is 4.05. The summed E-state index contributed by atoms with van der Waals surface area (Å²) in [5, 5.41) is 3.62. The fraction of sp³-hybridized carbons (Fsp3) is 0.310. The van der Waals surface area contributed by atoms with Crippen molar-refractivity contribution in [2.75, 3.05) is 10.8 Å². The third-order valence-electron chi connectivity index (χ3n) is 6.47. The van der Waals surface area contributed by atoms with Crippen LogP contribution in [0.4, 0.5) is 10.1 Å². The summed E-state index contributed by atoms with van der Waals surface area (Å²) in [6.45, 7) is 4.85. The summed E-state index contributed by atoms with van der Waals surface area (Å²) in [5.74, 6) is -1.56. The van der Waals surface area contributed by atoms with Crippen molar-refractivity contribution in [2.45, 2.75) is 57.1 Å². The highest BCUT2D eigenvalue weighted by Crippen LogP contribution is 2.27. The number of nitrogens with zero attached hydrogens (tertiary/aromatic N) is 2. The Morgan fingerprint density at radius 3 is 2.17 bits per heavy atom. The zero-order chi connectivity index (χ0) is 29.4. The second-order valence-electron chi connectivity index (χ2n) is 9.30. The molecule has 0 saturated heterocycles. The standard InChI is InChI=1S/C29H32Cl2FN3O4S/c1-4-20(3)33-29(37)27(5-2)34(18-21-11-12-22(30)17-26(21)31)28(36)19-35(24-15-13-23(32)14-16-24)40(38,39)25-9-7-6-8-10-25/h6-17,20,27H,4-5,18-19H2,1-3H3,(H,33,37)/t20-,27-/m1/s1. The molecular formula is C29H32Cl2FN3O4S. The third-order valence-corrected chi connectivity index (χ3v) is 8.84. The number of anilines is 1. The van der Waals surface area contributed by atoms with E-state index < -0.39 is 34.3 Å². The van der Waals surface area contributed by atoms with Gasteiger partial charge < -0.3 is 10.2 Å². The largest absolute Gasteiger partial charge is 0.352 e. The summed E-state index contributed by atoms with van der Waals surface area (Å²) in [5.41, 5.74) is 0.633. The SMILES string of the molecule is CC[C@@H](C)NC(=O)[C@@H](CC)N(Cc1ccc(Cl)cc1Cl)C(=O)CN(c1ccc(F)cc1)S(=O)(=O)c1ccccc1. The van der Waals surface area contributed by atoms with Crippen molar-refractivity contribution < 1.29 is 22.4 Å². The lowest BCUT2D eigenvalue weighted by atomic mass is 10.1. The molecule has 214 valence electrons. The zero-order valence-corrected chi connectivity index (χ0v) is 24.8. The Bertz CT molecular complexity index is 1420. The molecule has 0 unspecified atom stereocenters. The van der Waals surface area contributed by atoms with E-state index >= 15 is 0 Å². The molecule has 3 aromatic rings. The van der Waals surface area contributed by atoms with Gasteiger partial charge in [0.2, 0.25) is 11.8 Å². The molecule has 0 spiro atoms. The molecule has 3 rings (SSSR count). The van der Waals surface area contributed by atoms with Gasteiger partial charge in [0.25, 0.3) is 10.0 Å². The number of benzene rings is 3. The van der Waals surface area contributed by atoms with E-state index in [0.717, 1.165) is 16.4 Å². The Balaban J connectivity index is 2.07. The highest BCUT2D eigenvalue weighted by Gasteiger charge is 2.34. The van der Waals surface area contributed by atoms with Gasteiger partial charge in [-0.1, -0.05) is 61.3 Å². The Kier molecular flexibility index (Phi) is 11.0. The second-order valence-corrected chi connectivity index (χ2v) is 12.0. The van der Waals surface area contributed by atoms with Crippen LogP contribution in [-0.2, 0) is 26.2 Å². The van der Waals surface area contributed by atoms with Crippen molar-refractivity contribution >= 4 is 50.7 Å². The van der Waals surface area contributed by atoms with Gasteiger partial charge in [-0.15, -0.1) is 0 Å². The lowest BCUT2D eigenvalue weighted by Crippen LogP contribution is -2.53. The first-order valence-corrected chi connectivity index (χ1v) is 15.0. The number of hydrogen-bond donors (Lipinski definition) is 1. The molecule has 0 radical (unpaired) electrons. The van der Waals surface area contributed by atoms with E-state index in [1.54, 1.807) is 37.3 Å². The summed E-state index contributed by atoms with van der Waals surface area (Å²) in [6, 6.07) is 16.2. The van der Waals surface area contributed by atoms with Crippen molar-refractivity contribution in [1.29, 1.82) is 0 Å². The molecule has 0 fully saturated rings. The van der Waals surface area contributed by atoms with E-state index in [0.29, 0.717) is 22.0 Å². The van der Waals surface area contributed by atoms with Gasteiger partial charge in [0.05, 0.1) is 10.6 Å². The lowest BCUT2D eigenvalue weighted by molar-refractivity contribution is -0.140.